The molecular formula is C28H42O4. The van der Waals surface area contributed by atoms with E-state index < -0.39 is 0 Å². The Balaban J connectivity index is 2.38. The second-order valence-electron chi connectivity index (χ2n) is 8.87. The smallest absolute Gasteiger partial charge is 0.125 e. The predicted molar refractivity (Wildman–Crippen MR) is 132 cm³/mol. The van der Waals surface area contributed by atoms with Crippen molar-refractivity contribution < 1.29 is 19.7 Å². The molecule has 0 unspecified atom stereocenters. The highest BCUT2D eigenvalue weighted by molar-refractivity contribution is 5.50. The second kappa shape index (κ2) is 13.5. The first kappa shape index (κ1) is 26.2. The van der Waals surface area contributed by atoms with Crippen molar-refractivity contribution >= 4 is 0 Å². The molecule has 0 aromatic heterocycles. The minimum Gasteiger partial charge on any atom is -0.491 e. The number of unbranched alkanes of at least 4 members (excludes halogenated alkanes) is 4. The molecule has 0 fully saturated rings. The van der Waals surface area contributed by atoms with E-state index >= 15 is 0 Å². The number of hydrogen-bond acceptors (Lipinski definition) is 4. The average Bonchev–Trinajstić information content (AvgIpc) is 2.75. The molecule has 0 aliphatic carbocycles. The van der Waals surface area contributed by atoms with Crippen LogP contribution in [0.2, 0.25) is 0 Å². The molecular weight excluding hydrogens is 400 g/mol. The number of aryl methyl sites for hydroxylation is 4. The molecule has 0 atom stereocenters. The average molecular weight is 443 g/mol. The summed E-state index contributed by atoms with van der Waals surface area (Å²) in [6.07, 6.45) is 7.41. The molecule has 4 heteroatoms. The summed E-state index contributed by atoms with van der Waals surface area (Å²) in [6, 6.07) is 8.99. The summed E-state index contributed by atoms with van der Waals surface area (Å²) >= 11 is 0. The monoisotopic (exact) mass is 442 g/mol. The van der Waals surface area contributed by atoms with E-state index in [-0.39, 0.29) is 13.2 Å². The molecule has 0 saturated heterocycles. The van der Waals surface area contributed by atoms with Crippen LogP contribution in [0.3, 0.4) is 0 Å². The van der Waals surface area contributed by atoms with Crippen LogP contribution in [0.1, 0.15) is 84.7 Å². The first-order valence-electron chi connectivity index (χ1n) is 12.1. The van der Waals surface area contributed by atoms with Gasteiger partial charge >= 0.3 is 0 Å². The first-order chi connectivity index (χ1) is 15.4. The Hall–Kier alpha value is -2.04. The second-order valence-corrected chi connectivity index (χ2v) is 8.87. The van der Waals surface area contributed by atoms with Crippen molar-refractivity contribution in [1.82, 2.24) is 0 Å². The van der Waals surface area contributed by atoms with Crippen LogP contribution in [0.15, 0.2) is 24.3 Å². The summed E-state index contributed by atoms with van der Waals surface area (Å²) in [5.41, 5.74) is 7.08. The molecule has 0 amide bonds. The maximum atomic E-state index is 9.14. The lowest BCUT2D eigenvalue weighted by molar-refractivity contribution is 0.200. The summed E-state index contributed by atoms with van der Waals surface area (Å²) in [5.74, 6) is 2.07. The van der Waals surface area contributed by atoms with Gasteiger partial charge in [0.25, 0.3) is 0 Å². The fourth-order valence-corrected chi connectivity index (χ4v) is 4.60. The molecule has 178 valence electrons. The number of aliphatic hydroxyl groups excluding tert-OH is 2. The summed E-state index contributed by atoms with van der Waals surface area (Å²) in [7, 11) is 0. The molecule has 32 heavy (non-hydrogen) atoms. The van der Waals surface area contributed by atoms with Gasteiger partial charge in [0.2, 0.25) is 0 Å². The van der Waals surface area contributed by atoms with Crippen LogP contribution < -0.4 is 9.47 Å². The quantitative estimate of drug-likeness (QED) is 0.344. The zero-order valence-electron chi connectivity index (χ0n) is 20.7. The van der Waals surface area contributed by atoms with Crippen molar-refractivity contribution in [3.8, 4) is 11.5 Å². The molecule has 2 aromatic rings. The van der Waals surface area contributed by atoms with Crippen LogP contribution in [0.5, 0.6) is 11.5 Å². The highest BCUT2D eigenvalue weighted by Crippen LogP contribution is 2.37. The largest absolute Gasteiger partial charge is 0.491 e. The van der Waals surface area contributed by atoms with Crippen LogP contribution in [0, 0.1) is 27.7 Å². The number of hydrogen-bond donors (Lipinski definition) is 2. The third kappa shape index (κ3) is 7.25. The van der Waals surface area contributed by atoms with Gasteiger partial charge in [0.05, 0.1) is 13.2 Å². The van der Waals surface area contributed by atoms with E-state index in [0.717, 1.165) is 40.2 Å². The van der Waals surface area contributed by atoms with Crippen LogP contribution in [0.25, 0.3) is 0 Å². The lowest BCUT2D eigenvalue weighted by Gasteiger charge is -2.23. The van der Waals surface area contributed by atoms with E-state index in [1.165, 1.54) is 43.2 Å². The maximum absolute atomic E-state index is 9.14. The van der Waals surface area contributed by atoms with Crippen molar-refractivity contribution in [3.05, 3.63) is 57.6 Å². The number of rotatable bonds is 14. The molecule has 0 bridgehead atoms. The Labute approximate surface area is 194 Å². The molecule has 2 rings (SSSR count). The Morgan fingerprint density at radius 2 is 1.06 bits per heavy atom. The van der Waals surface area contributed by atoms with Crippen LogP contribution in [-0.4, -0.2) is 36.6 Å². The summed E-state index contributed by atoms with van der Waals surface area (Å²) < 4.78 is 11.6. The lowest BCUT2D eigenvalue weighted by atomic mass is 9.83. The molecule has 0 aliphatic rings. The highest BCUT2D eigenvalue weighted by Gasteiger charge is 2.19. The van der Waals surface area contributed by atoms with E-state index in [9.17, 15) is 0 Å². The molecule has 0 radical (unpaired) electrons. The van der Waals surface area contributed by atoms with E-state index in [2.05, 4.69) is 58.9 Å². The fourth-order valence-electron chi connectivity index (χ4n) is 4.60. The zero-order chi connectivity index (χ0) is 23.5. The van der Waals surface area contributed by atoms with Crippen molar-refractivity contribution in [2.75, 3.05) is 26.4 Å². The molecule has 2 aromatic carbocycles. The van der Waals surface area contributed by atoms with Crippen molar-refractivity contribution in [1.29, 1.82) is 0 Å². The predicted octanol–water partition coefficient (Wildman–Crippen LogP) is 6.15. The standard InChI is InChI=1S/C28H42O4/c1-6-7-8-9-10-11-26(24-16-20(2)27(21(3)17-24)31-14-12-29)25-18-22(4)28(23(5)19-25)32-15-13-30/h16-19,26,29-30H,6-15H2,1-5H3. The van der Waals surface area contributed by atoms with Crippen molar-refractivity contribution in [2.24, 2.45) is 0 Å². The molecule has 0 spiro atoms. The van der Waals surface area contributed by atoms with E-state index in [1.54, 1.807) is 0 Å². The normalized spacial score (nSPS) is 11.2. The van der Waals surface area contributed by atoms with Gasteiger partial charge in [-0.3, -0.25) is 0 Å². The first-order valence-corrected chi connectivity index (χ1v) is 12.1. The third-order valence-corrected chi connectivity index (χ3v) is 6.04. The molecule has 2 N–H and O–H groups in total. The van der Waals surface area contributed by atoms with Crippen molar-refractivity contribution in [3.63, 3.8) is 0 Å². The van der Waals surface area contributed by atoms with E-state index in [4.69, 9.17) is 19.7 Å². The molecule has 0 saturated carbocycles. The lowest BCUT2D eigenvalue weighted by Crippen LogP contribution is -2.09. The Morgan fingerprint density at radius 1 is 0.656 bits per heavy atom. The fraction of sp³-hybridized carbons (Fsp3) is 0.571. The van der Waals surface area contributed by atoms with Gasteiger partial charge in [0, 0.05) is 5.92 Å². The number of ether oxygens (including phenoxy) is 2. The minimum atomic E-state index is 0.0181. The van der Waals surface area contributed by atoms with E-state index in [1.807, 2.05) is 0 Å². The Bertz CT molecular complexity index is 734. The van der Waals surface area contributed by atoms with Crippen LogP contribution in [-0.2, 0) is 0 Å². The molecule has 0 heterocycles. The van der Waals surface area contributed by atoms with Gasteiger partial charge in [-0.25, -0.2) is 0 Å². The summed E-state index contributed by atoms with van der Waals surface area (Å²) in [6.45, 7) is 11.3. The minimum absolute atomic E-state index is 0.0181. The van der Waals surface area contributed by atoms with Crippen LogP contribution >= 0.6 is 0 Å². The Morgan fingerprint density at radius 3 is 1.44 bits per heavy atom. The van der Waals surface area contributed by atoms with Gasteiger partial charge in [0.1, 0.15) is 24.7 Å². The van der Waals surface area contributed by atoms with Gasteiger partial charge in [-0.2, -0.15) is 0 Å². The SMILES string of the molecule is CCCCCCCC(c1cc(C)c(OCCO)c(C)c1)c1cc(C)c(OCCO)c(C)c1. The van der Waals surface area contributed by atoms with Gasteiger partial charge in [-0.15, -0.1) is 0 Å². The van der Waals surface area contributed by atoms with Gasteiger partial charge in [0.15, 0.2) is 0 Å². The summed E-state index contributed by atoms with van der Waals surface area (Å²) in [4.78, 5) is 0. The van der Waals surface area contributed by atoms with Crippen LogP contribution in [0.4, 0.5) is 0 Å². The molecule has 4 nitrogen and oxygen atoms in total. The van der Waals surface area contributed by atoms with Gasteiger partial charge in [-0.1, -0.05) is 63.3 Å². The van der Waals surface area contributed by atoms with Crippen molar-refractivity contribution in [2.45, 2.75) is 79.1 Å². The Kier molecular flexibility index (Phi) is 11.1. The maximum Gasteiger partial charge on any atom is 0.125 e. The van der Waals surface area contributed by atoms with Gasteiger partial charge < -0.3 is 19.7 Å². The highest BCUT2D eigenvalue weighted by atomic mass is 16.5. The number of benzene rings is 2. The van der Waals surface area contributed by atoms with E-state index in [0.29, 0.717) is 19.1 Å². The van der Waals surface area contributed by atoms with Gasteiger partial charge in [-0.05, 0) is 67.5 Å². The summed E-state index contributed by atoms with van der Waals surface area (Å²) in [5, 5.41) is 18.3. The third-order valence-electron chi connectivity index (χ3n) is 6.04. The zero-order valence-corrected chi connectivity index (χ0v) is 20.7. The topological polar surface area (TPSA) is 58.9 Å². The molecule has 0 aliphatic heterocycles. The number of aliphatic hydroxyl groups is 2.